The van der Waals surface area contributed by atoms with Gasteiger partial charge >= 0.3 is 0 Å². The lowest BCUT2D eigenvalue weighted by atomic mass is 10.1. The van der Waals surface area contributed by atoms with E-state index in [0.29, 0.717) is 31.7 Å². The molecule has 0 radical (unpaired) electrons. The summed E-state index contributed by atoms with van der Waals surface area (Å²) >= 11 is 0. The first-order valence-corrected chi connectivity index (χ1v) is 10.8. The van der Waals surface area contributed by atoms with E-state index in [2.05, 4.69) is 16.0 Å². The molecule has 1 atom stereocenters. The van der Waals surface area contributed by atoms with E-state index in [4.69, 9.17) is 10.5 Å². The maximum Gasteiger partial charge on any atom is 0.243 e. The highest BCUT2D eigenvalue weighted by molar-refractivity contribution is 5.91. The highest BCUT2D eigenvalue weighted by atomic mass is 19.1. The van der Waals surface area contributed by atoms with E-state index in [1.807, 2.05) is 6.92 Å². The third kappa shape index (κ3) is 12.6. The predicted molar refractivity (Wildman–Crippen MR) is 117 cm³/mol. The van der Waals surface area contributed by atoms with Crippen LogP contribution in [0.15, 0.2) is 18.2 Å². The molecule has 174 valence electrons. The van der Waals surface area contributed by atoms with E-state index in [1.165, 1.54) is 12.1 Å². The van der Waals surface area contributed by atoms with Crippen LogP contribution in [0.2, 0.25) is 0 Å². The fraction of sp³-hybridized carbons (Fsp3) is 0.591. The second kappa shape index (κ2) is 15.2. The van der Waals surface area contributed by atoms with Crippen molar-refractivity contribution in [3.05, 3.63) is 29.6 Å². The van der Waals surface area contributed by atoms with Crippen molar-refractivity contribution in [2.45, 2.75) is 58.4 Å². The molecule has 9 heteroatoms. The average molecular weight is 439 g/mol. The van der Waals surface area contributed by atoms with Crippen molar-refractivity contribution in [3.63, 3.8) is 0 Å². The van der Waals surface area contributed by atoms with Crippen molar-refractivity contribution >= 4 is 17.7 Å². The number of carbonyl (C=O) groups excluding carboxylic acids is 3. The molecule has 0 spiro atoms. The minimum Gasteiger partial charge on any atom is -0.493 e. The molecule has 0 bridgehead atoms. The number of hydrogen-bond acceptors (Lipinski definition) is 5. The number of carbonyl (C=O) groups is 3. The Balaban J connectivity index is 2.27. The molecule has 0 heterocycles. The summed E-state index contributed by atoms with van der Waals surface area (Å²) in [6.45, 7) is 6.28. The maximum absolute atomic E-state index is 13.3. The molecule has 8 nitrogen and oxygen atoms in total. The molecule has 0 saturated carbocycles. The van der Waals surface area contributed by atoms with Gasteiger partial charge in [-0.1, -0.05) is 6.92 Å². The largest absolute Gasteiger partial charge is 0.493 e. The van der Waals surface area contributed by atoms with Crippen LogP contribution < -0.4 is 26.4 Å². The van der Waals surface area contributed by atoms with Gasteiger partial charge < -0.3 is 26.4 Å². The molecule has 1 unspecified atom stereocenters. The molecule has 1 aromatic carbocycles. The zero-order valence-corrected chi connectivity index (χ0v) is 18.5. The molecule has 0 aliphatic carbocycles. The average Bonchev–Trinajstić information content (AvgIpc) is 2.68. The molecule has 0 aromatic heterocycles. The second-order valence-electron chi connectivity index (χ2n) is 7.41. The van der Waals surface area contributed by atoms with Crippen molar-refractivity contribution in [3.8, 4) is 5.75 Å². The van der Waals surface area contributed by atoms with E-state index < -0.39 is 17.9 Å². The van der Waals surface area contributed by atoms with Gasteiger partial charge in [0.15, 0.2) is 0 Å². The zero-order chi connectivity index (χ0) is 23.1. The molecule has 31 heavy (non-hydrogen) atoms. The highest BCUT2D eigenvalue weighted by Gasteiger charge is 2.22. The molecule has 0 aliphatic heterocycles. The summed E-state index contributed by atoms with van der Waals surface area (Å²) in [5, 5.41) is 8.45. The number of nitrogens with one attached hydrogen (secondary N) is 3. The molecule has 0 saturated heterocycles. The first-order chi connectivity index (χ1) is 14.8. The minimum absolute atomic E-state index is 0.224. The Morgan fingerprint density at radius 2 is 1.87 bits per heavy atom. The Hall–Kier alpha value is -2.68. The fourth-order valence-corrected chi connectivity index (χ4v) is 2.94. The Bertz CT molecular complexity index is 695. The third-order valence-corrected chi connectivity index (χ3v) is 4.47. The fourth-order valence-electron chi connectivity index (χ4n) is 2.94. The van der Waals surface area contributed by atoms with Crippen LogP contribution in [-0.4, -0.2) is 50.0 Å². The lowest BCUT2D eigenvalue weighted by Gasteiger charge is -2.17. The number of nitrogens with two attached hydrogens (primary N) is 1. The van der Waals surface area contributed by atoms with E-state index >= 15 is 0 Å². The minimum atomic E-state index is -0.969. The van der Waals surface area contributed by atoms with E-state index in [9.17, 15) is 18.8 Å². The standard InChI is InChI=1S/C22H35FN4O4/c1-3-25-9-7-10-26-22(30)19(15-20(24)28)27-21(29)8-5-4-6-11-31-18-13-16(2)12-17(23)14-18/h12-14,19,25H,3-11,15H2,1-2H3,(H2,24,28)(H,26,30)(H,27,29). The van der Waals surface area contributed by atoms with Crippen molar-refractivity contribution in [2.75, 3.05) is 26.2 Å². The number of aryl methyl sites for hydroxylation is 1. The summed E-state index contributed by atoms with van der Waals surface area (Å²) in [4.78, 5) is 35.7. The summed E-state index contributed by atoms with van der Waals surface area (Å²) in [5.74, 6) is -1.23. The van der Waals surface area contributed by atoms with Gasteiger partial charge in [0.1, 0.15) is 17.6 Å². The van der Waals surface area contributed by atoms with Gasteiger partial charge in [-0.25, -0.2) is 4.39 Å². The molecule has 5 N–H and O–H groups in total. The molecule has 1 rings (SSSR count). The van der Waals surface area contributed by atoms with Crippen LogP contribution in [0, 0.1) is 12.7 Å². The van der Waals surface area contributed by atoms with E-state index in [-0.39, 0.29) is 24.6 Å². The van der Waals surface area contributed by atoms with Gasteiger partial charge in [0.25, 0.3) is 0 Å². The monoisotopic (exact) mass is 438 g/mol. The number of benzene rings is 1. The molecule has 1 aromatic rings. The number of primary amides is 1. The Labute approximate surface area is 183 Å². The molecule has 0 fully saturated rings. The summed E-state index contributed by atoms with van der Waals surface area (Å²) in [5.41, 5.74) is 6.00. The van der Waals surface area contributed by atoms with Gasteiger partial charge in [0.05, 0.1) is 13.0 Å². The number of halogens is 1. The predicted octanol–water partition coefficient (Wildman–Crippen LogP) is 1.55. The van der Waals surface area contributed by atoms with Crippen molar-refractivity contribution < 1.29 is 23.5 Å². The van der Waals surface area contributed by atoms with Gasteiger partial charge in [-0.2, -0.15) is 0 Å². The summed E-state index contributed by atoms with van der Waals surface area (Å²) < 4.78 is 18.8. The summed E-state index contributed by atoms with van der Waals surface area (Å²) in [7, 11) is 0. The van der Waals surface area contributed by atoms with Crippen molar-refractivity contribution in [1.29, 1.82) is 0 Å². The van der Waals surface area contributed by atoms with Gasteiger partial charge in [0.2, 0.25) is 17.7 Å². The van der Waals surface area contributed by atoms with Gasteiger partial charge in [-0.05, 0) is 63.4 Å². The van der Waals surface area contributed by atoms with Crippen LogP contribution in [0.4, 0.5) is 4.39 Å². The maximum atomic E-state index is 13.3. The van der Waals surface area contributed by atoms with Gasteiger partial charge in [-0.15, -0.1) is 0 Å². The Kier molecular flexibility index (Phi) is 12.9. The topological polar surface area (TPSA) is 123 Å². The highest BCUT2D eigenvalue weighted by Crippen LogP contribution is 2.16. The van der Waals surface area contributed by atoms with Crippen LogP contribution in [0.25, 0.3) is 0 Å². The number of amides is 3. The van der Waals surface area contributed by atoms with Crippen molar-refractivity contribution in [1.82, 2.24) is 16.0 Å². The number of unbranched alkanes of at least 4 members (excludes halogenated alkanes) is 2. The van der Waals surface area contributed by atoms with E-state index in [0.717, 1.165) is 31.5 Å². The number of rotatable bonds is 16. The van der Waals surface area contributed by atoms with Crippen molar-refractivity contribution in [2.24, 2.45) is 5.73 Å². The summed E-state index contributed by atoms with van der Waals surface area (Å²) in [6.07, 6.45) is 2.77. The lowest BCUT2D eigenvalue weighted by molar-refractivity contribution is -0.131. The van der Waals surface area contributed by atoms with Crippen LogP contribution in [-0.2, 0) is 14.4 Å². The van der Waals surface area contributed by atoms with Crippen LogP contribution >= 0.6 is 0 Å². The Morgan fingerprint density at radius 1 is 1.10 bits per heavy atom. The Morgan fingerprint density at radius 3 is 2.55 bits per heavy atom. The molecule has 3 amide bonds. The second-order valence-corrected chi connectivity index (χ2v) is 7.41. The smallest absolute Gasteiger partial charge is 0.243 e. The van der Waals surface area contributed by atoms with Crippen LogP contribution in [0.3, 0.4) is 0 Å². The van der Waals surface area contributed by atoms with Crippen LogP contribution in [0.5, 0.6) is 5.75 Å². The lowest BCUT2D eigenvalue weighted by Crippen LogP contribution is -2.48. The third-order valence-electron chi connectivity index (χ3n) is 4.47. The quantitative estimate of drug-likeness (QED) is 0.292. The van der Waals surface area contributed by atoms with E-state index in [1.54, 1.807) is 13.0 Å². The normalized spacial score (nSPS) is 11.6. The molecular weight excluding hydrogens is 403 g/mol. The first kappa shape index (κ1) is 26.4. The zero-order valence-electron chi connectivity index (χ0n) is 18.5. The number of ether oxygens (including phenoxy) is 1. The van der Waals surface area contributed by atoms with Gasteiger partial charge in [0, 0.05) is 19.0 Å². The first-order valence-electron chi connectivity index (χ1n) is 10.8. The van der Waals surface area contributed by atoms with Gasteiger partial charge in [-0.3, -0.25) is 14.4 Å². The SMILES string of the molecule is CCNCCCNC(=O)C(CC(N)=O)NC(=O)CCCCCOc1cc(C)cc(F)c1. The number of hydrogen-bond donors (Lipinski definition) is 4. The van der Waals surface area contributed by atoms with Crippen LogP contribution in [0.1, 0.15) is 51.0 Å². The molecular formula is C22H35FN4O4. The molecule has 0 aliphatic rings. The summed E-state index contributed by atoms with van der Waals surface area (Å²) in [6, 6.07) is 3.57.